The number of ether oxygens (including phenoxy) is 1. The van der Waals surface area contributed by atoms with E-state index in [-0.39, 0.29) is 22.4 Å². The van der Waals surface area contributed by atoms with Gasteiger partial charge in [-0.1, -0.05) is 72.3 Å². The van der Waals surface area contributed by atoms with E-state index >= 15 is 0 Å². The molecule has 2 heterocycles. The summed E-state index contributed by atoms with van der Waals surface area (Å²) in [4.78, 5) is 31.2. The summed E-state index contributed by atoms with van der Waals surface area (Å²) >= 11 is 0. The largest absolute Gasteiger partial charge is 0.487 e. The number of hydrogen-bond donors (Lipinski definition) is 1. The molecule has 0 fully saturated rings. The highest BCUT2D eigenvalue weighted by atomic mass is 32.2. The molecular formula is C33H28N2O6S. The number of fused-ring (bicyclic) bond motifs is 2. The Morgan fingerprint density at radius 1 is 0.810 bits per heavy atom. The first-order chi connectivity index (χ1) is 20.3. The number of rotatable bonds is 10. The van der Waals surface area contributed by atoms with Crippen LogP contribution in [0.1, 0.15) is 37.4 Å². The minimum Gasteiger partial charge on any atom is -0.487 e. The maximum absolute atomic E-state index is 13.4. The smallest absolute Gasteiger partial charge is 0.297 e. The summed E-state index contributed by atoms with van der Waals surface area (Å²) < 4.78 is 37.7. The highest BCUT2D eigenvalue weighted by Gasteiger charge is 2.40. The number of aryl methyl sites for hydroxylation is 1. The average Bonchev–Trinajstić information content (AvgIpc) is 3.53. The number of aromatic amines is 1. The lowest BCUT2D eigenvalue weighted by molar-refractivity contribution is 0.0534. The third-order valence-electron chi connectivity index (χ3n) is 7.37. The first-order valence-electron chi connectivity index (χ1n) is 13.5. The van der Waals surface area contributed by atoms with Gasteiger partial charge in [0.05, 0.1) is 34.2 Å². The van der Waals surface area contributed by atoms with Crippen molar-refractivity contribution in [3.63, 3.8) is 0 Å². The lowest BCUT2D eigenvalue weighted by Crippen LogP contribution is -2.44. The summed E-state index contributed by atoms with van der Waals surface area (Å²) in [6.07, 6.45) is 1.96. The number of amides is 2. The number of carbonyl (C=O) groups excluding carboxylic acids is 2. The predicted octanol–water partition coefficient (Wildman–Crippen LogP) is 5.67. The van der Waals surface area contributed by atoms with Crippen LogP contribution in [-0.2, 0) is 27.3 Å². The standard InChI is InChI=1S/C33H28N2O6S/c1-22-14-16-26(17-15-22)42(38,39)41-21-25(35-32(36)28-10-5-6-11-29(28)33(35)37)18-24-19-34-31-27(24)12-7-13-30(31)40-20-23-8-3-2-4-9-23/h2-17,19,25,34H,18,20-21H2,1H3/t25-/m1/s1. The number of benzene rings is 4. The van der Waals surface area contributed by atoms with Crippen molar-refractivity contribution in [2.75, 3.05) is 6.61 Å². The third-order valence-corrected chi connectivity index (χ3v) is 8.67. The molecule has 0 bridgehead atoms. The van der Waals surface area contributed by atoms with E-state index in [4.69, 9.17) is 8.92 Å². The molecule has 0 spiro atoms. The van der Waals surface area contributed by atoms with E-state index in [0.717, 1.165) is 32.5 Å². The van der Waals surface area contributed by atoms with Crippen LogP contribution in [0.4, 0.5) is 0 Å². The number of H-pyrrole nitrogens is 1. The Hall–Kier alpha value is -4.73. The lowest BCUT2D eigenvalue weighted by atomic mass is 10.0. The molecule has 4 aromatic carbocycles. The second-order valence-electron chi connectivity index (χ2n) is 10.2. The van der Waals surface area contributed by atoms with Gasteiger partial charge in [-0.05, 0) is 54.8 Å². The fourth-order valence-electron chi connectivity index (χ4n) is 5.17. The van der Waals surface area contributed by atoms with Gasteiger partial charge in [-0.3, -0.25) is 18.7 Å². The fourth-order valence-corrected chi connectivity index (χ4v) is 6.11. The van der Waals surface area contributed by atoms with Crippen LogP contribution in [0.25, 0.3) is 10.9 Å². The zero-order valence-corrected chi connectivity index (χ0v) is 23.6. The van der Waals surface area contributed by atoms with E-state index in [1.54, 1.807) is 42.6 Å². The van der Waals surface area contributed by atoms with Gasteiger partial charge in [0.1, 0.15) is 12.4 Å². The third kappa shape index (κ3) is 5.32. The molecule has 0 radical (unpaired) electrons. The minimum atomic E-state index is -4.14. The van der Waals surface area contributed by atoms with Crippen LogP contribution in [0, 0.1) is 6.92 Å². The molecule has 9 heteroatoms. The van der Waals surface area contributed by atoms with Gasteiger partial charge in [-0.2, -0.15) is 8.42 Å². The van der Waals surface area contributed by atoms with E-state index in [9.17, 15) is 18.0 Å². The first-order valence-corrected chi connectivity index (χ1v) is 14.9. The van der Waals surface area contributed by atoms with Crippen LogP contribution in [0.2, 0.25) is 0 Å². The summed E-state index contributed by atoms with van der Waals surface area (Å²) in [5, 5.41) is 0.837. The summed E-state index contributed by atoms with van der Waals surface area (Å²) in [5.41, 5.74) is 4.04. The number of carbonyl (C=O) groups is 2. The van der Waals surface area contributed by atoms with Gasteiger partial charge >= 0.3 is 0 Å². The Morgan fingerprint density at radius 3 is 2.17 bits per heavy atom. The van der Waals surface area contributed by atoms with Crippen molar-refractivity contribution in [1.29, 1.82) is 0 Å². The van der Waals surface area contributed by atoms with E-state index in [2.05, 4.69) is 4.98 Å². The highest BCUT2D eigenvalue weighted by Crippen LogP contribution is 2.32. The van der Waals surface area contributed by atoms with Crippen molar-refractivity contribution < 1.29 is 26.9 Å². The number of para-hydroxylation sites is 1. The molecular weight excluding hydrogens is 552 g/mol. The molecule has 0 saturated heterocycles. The SMILES string of the molecule is Cc1ccc(S(=O)(=O)OC[C@@H](Cc2c[nH]c3c(OCc4ccccc4)cccc23)N2C(=O)c3ccccc3C2=O)cc1. The van der Waals surface area contributed by atoms with Crippen molar-refractivity contribution in [2.45, 2.75) is 30.9 Å². The number of nitrogens with one attached hydrogen (secondary N) is 1. The number of imide groups is 1. The predicted molar refractivity (Wildman–Crippen MR) is 158 cm³/mol. The Kier molecular flexibility index (Phi) is 7.36. The van der Waals surface area contributed by atoms with Crippen LogP contribution in [0.15, 0.2) is 108 Å². The molecule has 42 heavy (non-hydrogen) atoms. The molecule has 1 aliphatic rings. The summed E-state index contributed by atoms with van der Waals surface area (Å²) in [7, 11) is -4.14. The normalized spacial score (nSPS) is 13.9. The quantitative estimate of drug-likeness (QED) is 0.169. The topological polar surface area (TPSA) is 106 Å². The van der Waals surface area contributed by atoms with Gasteiger partial charge < -0.3 is 9.72 Å². The summed E-state index contributed by atoms with van der Waals surface area (Å²) in [6.45, 7) is 1.84. The minimum absolute atomic E-state index is 0.00140. The molecule has 1 aromatic heterocycles. The van der Waals surface area contributed by atoms with Gasteiger partial charge in [0.2, 0.25) is 0 Å². The zero-order valence-electron chi connectivity index (χ0n) is 22.8. The first kappa shape index (κ1) is 27.4. The van der Waals surface area contributed by atoms with Crippen molar-refractivity contribution in [1.82, 2.24) is 9.88 Å². The van der Waals surface area contributed by atoms with Crippen LogP contribution in [0.3, 0.4) is 0 Å². The molecule has 1 N–H and O–H groups in total. The molecule has 0 aliphatic carbocycles. The zero-order chi connectivity index (χ0) is 29.3. The molecule has 1 atom stereocenters. The molecule has 1 aliphatic heterocycles. The van der Waals surface area contributed by atoms with Crippen LogP contribution < -0.4 is 4.74 Å². The van der Waals surface area contributed by atoms with Crippen LogP contribution >= 0.6 is 0 Å². The van der Waals surface area contributed by atoms with Gasteiger partial charge in [-0.15, -0.1) is 0 Å². The molecule has 5 aromatic rings. The van der Waals surface area contributed by atoms with E-state index < -0.39 is 34.6 Å². The van der Waals surface area contributed by atoms with Crippen molar-refractivity contribution >= 4 is 32.8 Å². The summed E-state index contributed by atoms with van der Waals surface area (Å²) in [5.74, 6) is -0.314. The Labute approximate surface area is 243 Å². The average molecular weight is 581 g/mol. The van der Waals surface area contributed by atoms with E-state index in [0.29, 0.717) is 12.4 Å². The number of hydrogen-bond acceptors (Lipinski definition) is 6. The molecule has 0 saturated carbocycles. The Bertz CT molecular complexity index is 1850. The van der Waals surface area contributed by atoms with Gasteiger partial charge in [-0.25, -0.2) is 0 Å². The van der Waals surface area contributed by atoms with E-state index in [1.165, 1.54) is 12.1 Å². The second-order valence-corrected chi connectivity index (χ2v) is 11.8. The molecule has 0 unspecified atom stereocenters. The number of nitrogens with zero attached hydrogens (tertiary/aromatic N) is 1. The van der Waals surface area contributed by atoms with Gasteiger partial charge in [0.25, 0.3) is 21.9 Å². The molecule has 8 nitrogen and oxygen atoms in total. The monoisotopic (exact) mass is 580 g/mol. The highest BCUT2D eigenvalue weighted by molar-refractivity contribution is 7.86. The summed E-state index contributed by atoms with van der Waals surface area (Å²) in [6, 6.07) is 27.5. The van der Waals surface area contributed by atoms with Gasteiger partial charge in [0.15, 0.2) is 0 Å². The maximum atomic E-state index is 13.4. The van der Waals surface area contributed by atoms with Crippen LogP contribution in [0.5, 0.6) is 5.75 Å². The molecule has 2 amide bonds. The fraction of sp³-hybridized carbons (Fsp3) is 0.152. The number of aromatic nitrogens is 1. The maximum Gasteiger partial charge on any atom is 0.297 e. The Balaban J connectivity index is 1.30. The second kappa shape index (κ2) is 11.3. The molecule has 212 valence electrons. The van der Waals surface area contributed by atoms with Crippen molar-refractivity contribution in [3.05, 3.63) is 131 Å². The van der Waals surface area contributed by atoms with Crippen LogP contribution in [-0.4, -0.2) is 42.8 Å². The van der Waals surface area contributed by atoms with Crippen molar-refractivity contribution in [3.8, 4) is 5.75 Å². The van der Waals surface area contributed by atoms with Gasteiger partial charge in [0, 0.05) is 11.6 Å². The Morgan fingerprint density at radius 2 is 1.48 bits per heavy atom. The van der Waals surface area contributed by atoms with E-state index in [1.807, 2.05) is 55.5 Å². The van der Waals surface area contributed by atoms with Crippen molar-refractivity contribution in [2.24, 2.45) is 0 Å². The molecule has 6 rings (SSSR count). The lowest BCUT2D eigenvalue weighted by Gasteiger charge is -2.26.